The Morgan fingerprint density at radius 1 is 1.33 bits per heavy atom. The number of aliphatic carboxylic acids is 1. The average molecular weight is 272 g/mol. The molecule has 0 atom stereocenters. The van der Waals surface area contributed by atoms with E-state index in [4.69, 9.17) is 5.11 Å². The number of carboxylic acids is 1. The first-order chi connectivity index (χ1) is 8.15. The second kappa shape index (κ2) is 6.67. The number of amides is 2. The van der Waals surface area contributed by atoms with Gasteiger partial charge in [-0.15, -0.1) is 0 Å². The molecule has 0 unspecified atom stereocenters. The zero-order valence-corrected chi connectivity index (χ0v) is 9.28. The van der Waals surface area contributed by atoms with Crippen molar-refractivity contribution < 1.29 is 37.4 Å². The Bertz CT molecular complexity index is 331. The van der Waals surface area contributed by atoms with Crippen LogP contribution in [0.1, 0.15) is 0 Å². The fourth-order valence-corrected chi connectivity index (χ4v) is 0.911. The van der Waals surface area contributed by atoms with Crippen molar-refractivity contribution in [1.82, 2.24) is 10.2 Å². The minimum absolute atomic E-state index is 0.0191. The van der Waals surface area contributed by atoms with Crippen molar-refractivity contribution in [2.75, 3.05) is 26.7 Å². The molecule has 0 heterocycles. The van der Waals surface area contributed by atoms with Gasteiger partial charge in [-0.25, -0.2) is 4.79 Å². The molecule has 0 rings (SSSR count). The fourth-order valence-electron chi connectivity index (χ4n) is 0.911. The molecule has 0 saturated heterocycles. The van der Waals surface area contributed by atoms with E-state index in [1.807, 2.05) is 5.32 Å². The minimum Gasteiger partial charge on any atom is -0.480 e. The van der Waals surface area contributed by atoms with E-state index in [2.05, 4.69) is 4.74 Å². The molecule has 0 bridgehead atoms. The SMILES string of the molecule is COC(=O)CNC(=O)N(CC(=O)O)CC(F)(F)F. The van der Waals surface area contributed by atoms with Crippen LogP contribution in [0.25, 0.3) is 0 Å². The van der Waals surface area contributed by atoms with Crippen LogP contribution in [0.2, 0.25) is 0 Å². The van der Waals surface area contributed by atoms with Crippen LogP contribution in [0.5, 0.6) is 0 Å². The van der Waals surface area contributed by atoms with Gasteiger partial charge in [0.25, 0.3) is 0 Å². The molecule has 10 heteroatoms. The lowest BCUT2D eigenvalue weighted by atomic mass is 10.4. The van der Waals surface area contributed by atoms with Gasteiger partial charge >= 0.3 is 24.1 Å². The Balaban J connectivity index is 4.50. The summed E-state index contributed by atoms with van der Waals surface area (Å²) < 4.78 is 40.4. The monoisotopic (exact) mass is 272 g/mol. The number of ether oxygens (including phenoxy) is 1. The van der Waals surface area contributed by atoms with E-state index in [1.165, 1.54) is 0 Å². The molecule has 0 saturated carbocycles. The van der Waals surface area contributed by atoms with Gasteiger partial charge in [0.15, 0.2) is 0 Å². The zero-order chi connectivity index (χ0) is 14.3. The Kier molecular flexibility index (Phi) is 5.93. The number of carbonyl (C=O) groups excluding carboxylic acids is 2. The summed E-state index contributed by atoms with van der Waals surface area (Å²) in [5.41, 5.74) is 0. The molecule has 0 aliphatic rings. The van der Waals surface area contributed by atoms with Gasteiger partial charge in [0.1, 0.15) is 19.6 Å². The van der Waals surface area contributed by atoms with Crippen LogP contribution in [-0.4, -0.2) is 60.9 Å². The van der Waals surface area contributed by atoms with E-state index in [9.17, 15) is 27.6 Å². The minimum atomic E-state index is -4.74. The highest BCUT2D eigenvalue weighted by Crippen LogP contribution is 2.16. The number of nitrogens with one attached hydrogen (secondary N) is 1. The lowest BCUT2D eigenvalue weighted by Gasteiger charge is -2.22. The topological polar surface area (TPSA) is 95.9 Å². The molecular formula is C8H11F3N2O5. The molecule has 0 spiro atoms. The molecule has 2 N–H and O–H groups in total. The lowest BCUT2D eigenvalue weighted by molar-refractivity contribution is -0.148. The molecule has 18 heavy (non-hydrogen) atoms. The summed E-state index contributed by atoms with van der Waals surface area (Å²) in [6, 6.07) is -1.32. The highest BCUT2D eigenvalue weighted by molar-refractivity contribution is 5.83. The summed E-state index contributed by atoms with van der Waals surface area (Å²) in [7, 11) is 1.03. The number of carboxylic acid groups (broad SMARTS) is 1. The molecule has 0 fully saturated rings. The van der Waals surface area contributed by atoms with Crippen molar-refractivity contribution in [3.05, 3.63) is 0 Å². The zero-order valence-electron chi connectivity index (χ0n) is 9.28. The second-order valence-electron chi connectivity index (χ2n) is 3.10. The van der Waals surface area contributed by atoms with Gasteiger partial charge < -0.3 is 20.1 Å². The number of hydrogen-bond donors (Lipinski definition) is 2. The first-order valence-electron chi connectivity index (χ1n) is 4.54. The van der Waals surface area contributed by atoms with Crippen molar-refractivity contribution >= 4 is 18.0 Å². The predicted molar refractivity (Wildman–Crippen MR) is 50.7 cm³/mol. The summed E-state index contributed by atoms with van der Waals surface area (Å²) in [6.07, 6.45) is -4.74. The molecule has 0 aliphatic heterocycles. The summed E-state index contributed by atoms with van der Waals surface area (Å²) in [4.78, 5) is 32.2. The highest BCUT2D eigenvalue weighted by atomic mass is 19.4. The number of urea groups is 1. The molecule has 104 valence electrons. The summed E-state index contributed by atoms with van der Waals surface area (Å²) in [5, 5.41) is 10.2. The lowest BCUT2D eigenvalue weighted by Crippen LogP contribution is -2.48. The number of hydrogen-bond acceptors (Lipinski definition) is 4. The Labute approximate surface area is 99.5 Å². The normalized spacial score (nSPS) is 10.7. The quantitative estimate of drug-likeness (QED) is 0.677. The first kappa shape index (κ1) is 16.0. The number of carbonyl (C=O) groups is 3. The Morgan fingerprint density at radius 3 is 2.28 bits per heavy atom. The molecular weight excluding hydrogens is 261 g/mol. The van der Waals surface area contributed by atoms with Crippen LogP contribution in [0, 0.1) is 0 Å². The molecule has 0 radical (unpaired) electrons. The number of halogens is 3. The fraction of sp³-hybridized carbons (Fsp3) is 0.625. The molecule has 0 aromatic carbocycles. The van der Waals surface area contributed by atoms with E-state index in [-0.39, 0.29) is 4.90 Å². The Hall–Kier alpha value is -2.00. The Morgan fingerprint density at radius 2 is 1.89 bits per heavy atom. The number of rotatable bonds is 5. The molecule has 7 nitrogen and oxygen atoms in total. The van der Waals surface area contributed by atoms with Gasteiger partial charge in [0.05, 0.1) is 7.11 Å². The maximum absolute atomic E-state index is 12.1. The highest BCUT2D eigenvalue weighted by Gasteiger charge is 2.34. The third kappa shape index (κ3) is 7.30. The average Bonchev–Trinajstić information content (AvgIpc) is 2.21. The van der Waals surface area contributed by atoms with Crippen molar-refractivity contribution in [1.29, 1.82) is 0 Å². The first-order valence-corrected chi connectivity index (χ1v) is 4.54. The molecule has 0 aromatic rings. The van der Waals surface area contributed by atoms with Crippen LogP contribution < -0.4 is 5.32 Å². The van der Waals surface area contributed by atoms with Gasteiger partial charge in [-0.2, -0.15) is 13.2 Å². The maximum Gasteiger partial charge on any atom is 0.406 e. The summed E-state index contributed by atoms with van der Waals surface area (Å²) >= 11 is 0. The van der Waals surface area contributed by atoms with Gasteiger partial charge in [0, 0.05) is 0 Å². The van der Waals surface area contributed by atoms with Crippen LogP contribution in [0.3, 0.4) is 0 Å². The van der Waals surface area contributed by atoms with Crippen molar-refractivity contribution in [2.45, 2.75) is 6.18 Å². The summed E-state index contributed by atoms with van der Waals surface area (Å²) in [5.74, 6) is -2.47. The maximum atomic E-state index is 12.1. The smallest absolute Gasteiger partial charge is 0.406 e. The van der Waals surface area contributed by atoms with Crippen molar-refractivity contribution in [3.8, 4) is 0 Å². The van der Waals surface area contributed by atoms with E-state index in [0.717, 1.165) is 7.11 Å². The van der Waals surface area contributed by atoms with E-state index < -0.39 is 43.8 Å². The van der Waals surface area contributed by atoms with Gasteiger partial charge in [-0.3, -0.25) is 9.59 Å². The van der Waals surface area contributed by atoms with Gasteiger partial charge in [0.2, 0.25) is 0 Å². The van der Waals surface area contributed by atoms with E-state index in [1.54, 1.807) is 0 Å². The largest absolute Gasteiger partial charge is 0.480 e. The second-order valence-corrected chi connectivity index (χ2v) is 3.10. The standard InChI is InChI=1S/C8H11F3N2O5/c1-18-6(16)2-12-7(17)13(3-5(14)15)4-8(9,10)11/h2-4H2,1H3,(H,12,17)(H,14,15). The van der Waals surface area contributed by atoms with Crippen LogP contribution in [-0.2, 0) is 14.3 Å². The van der Waals surface area contributed by atoms with Gasteiger partial charge in [-0.05, 0) is 0 Å². The van der Waals surface area contributed by atoms with Crippen LogP contribution in [0.15, 0.2) is 0 Å². The number of alkyl halides is 3. The van der Waals surface area contributed by atoms with E-state index >= 15 is 0 Å². The third-order valence-electron chi connectivity index (χ3n) is 1.60. The number of esters is 1. The van der Waals surface area contributed by atoms with Gasteiger partial charge in [-0.1, -0.05) is 0 Å². The predicted octanol–water partition coefficient (Wildman–Crippen LogP) is -0.182. The molecule has 0 aliphatic carbocycles. The van der Waals surface area contributed by atoms with Crippen LogP contribution in [0.4, 0.5) is 18.0 Å². The summed E-state index contributed by atoms with van der Waals surface area (Å²) in [6.45, 7) is -3.51. The third-order valence-corrected chi connectivity index (χ3v) is 1.60. The molecule has 2 amide bonds. The molecule has 0 aromatic heterocycles. The number of methoxy groups -OCH3 is 1. The number of nitrogens with zero attached hydrogens (tertiary/aromatic N) is 1. The van der Waals surface area contributed by atoms with Crippen molar-refractivity contribution in [3.63, 3.8) is 0 Å². The van der Waals surface area contributed by atoms with E-state index in [0.29, 0.717) is 0 Å². The van der Waals surface area contributed by atoms with Crippen molar-refractivity contribution in [2.24, 2.45) is 0 Å². The van der Waals surface area contributed by atoms with Crippen LogP contribution >= 0.6 is 0 Å².